The van der Waals surface area contributed by atoms with Gasteiger partial charge < -0.3 is 10.4 Å². The normalized spacial score (nSPS) is 20.6. The van der Waals surface area contributed by atoms with E-state index in [0.29, 0.717) is 18.8 Å². The fourth-order valence-electron chi connectivity index (χ4n) is 1.56. The average molecular weight is 294 g/mol. The Labute approximate surface area is 113 Å². The van der Waals surface area contributed by atoms with E-state index in [1.807, 2.05) is 4.31 Å². The number of rotatable bonds is 7. The molecule has 0 saturated carbocycles. The highest BCUT2D eigenvalue weighted by atomic mass is 32.2. The summed E-state index contributed by atoms with van der Waals surface area (Å²) in [5, 5.41) is 11.1. The van der Waals surface area contributed by atoms with E-state index in [-0.39, 0.29) is 17.4 Å². The number of hydrogen-bond acceptors (Lipinski definition) is 4. The predicted octanol–water partition coefficient (Wildman–Crippen LogP) is -0.320. The van der Waals surface area contributed by atoms with Crippen LogP contribution in [0.3, 0.4) is 0 Å². The molecule has 1 amide bonds. The van der Waals surface area contributed by atoms with Gasteiger partial charge in [0.25, 0.3) is 0 Å². The first-order chi connectivity index (χ1) is 8.59. The van der Waals surface area contributed by atoms with E-state index < -0.39 is 17.0 Å². The summed E-state index contributed by atoms with van der Waals surface area (Å²) in [5.74, 6) is -0.304. The molecule has 1 fully saturated rings. The van der Waals surface area contributed by atoms with E-state index in [1.54, 1.807) is 0 Å². The predicted molar refractivity (Wildman–Crippen MR) is 71.8 cm³/mol. The maximum Gasteiger partial charge on any atom is 0.313 e. The van der Waals surface area contributed by atoms with Gasteiger partial charge in [-0.05, 0) is 12.8 Å². The molecule has 1 rings (SSSR count). The molecule has 6 nitrogen and oxygen atoms in total. The Bertz CT molecular complexity index is 325. The fourth-order valence-corrected chi connectivity index (χ4v) is 3.46. The van der Waals surface area contributed by atoms with Crippen molar-refractivity contribution in [2.45, 2.75) is 12.8 Å². The van der Waals surface area contributed by atoms with E-state index in [0.717, 1.165) is 31.1 Å². The topological polar surface area (TPSA) is 86.7 Å². The second kappa shape index (κ2) is 8.49. The molecule has 18 heavy (non-hydrogen) atoms. The zero-order chi connectivity index (χ0) is 13.4. The lowest BCUT2D eigenvalue weighted by Crippen LogP contribution is -2.39. The third-order valence-corrected chi connectivity index (χ3v) is 4.90. The Morgan fingerprint density at radius 3 is 2.78 bits per heavy atom. The average Bonchev–Trinajstić information content (AvgIpc) is 2.31. The molecule has 0 bridgehead atoms. The van der Waals surface area contributed by atoms with Crippen molar-refractivity contribution in [3.8, 4) is 0 Å². The monoisotopic (exact) mass is 294 g/mol. The van der Waals surface area contributed by atoms with E-state index >= 15 is 0 Å². The molecule has 1 heterocycles. The SMILES string of the molecule is O=C(O)CSCC(=O)NCCN1CCCCS1=O. The number of nitrogens with zero attached hydrogens (tertiary/aromatic N) is 1. The van der Waals surface area contributed by atoms with Crippen LogP contribution in [0.25, 0.3) is 0 Å². The maximum absolute atomic E-state index is 11.6. The largest absolute Gasteiger partial charge is 0.481 e. The van der Waals surface area contributed by atoms with Crippen LogP contribution in [0, 0.1) is 0 Å². The van der Waals surface area contributed by atoms with Crippen molar-refractivity contribution in [3.05, 3.63) is 0 Å². The Kier molecular flexibility index (Phi) is 7.29. The van der Waals surface area contributed by atoms with Gasteiger partial charge in [-0.15, -0.1) is 11.8 Å². The molecule has 1 aliphatic heterocycles. The lowest BCUT2D eigenvalue weighted by Gasteiger charge is -2.25. The van der Waals surface area contributed by atoms with Crippen LogP contribution < -0.4 is 5.32 Å². The molecule has 0 aromatic carbocycles. The molecule has 0 aliphatic carbocycles. The van der Waals surface area contributed by atoms with Gasteiger partial charge in [0.1, 0.15) is 0 Å². The zero-order valence-corrected chi connectivity index (χ0v) is 11.7. The van der Waals surface area contributed by atoms with Gasteiger partial charge in [0.2, 0.25) is 5.91 Å². The van der Waals surface area contributed by atoms with E-state index in [9.17, 15) is 13.8 Å². The van der Waals surface area contributed by atoms with E-state index in [2.05, 4.69) is 5.32 Å². The van der Waals surface area contributed by atoms with Crippen molar-refractivity contribution in [2.75, 3.05) is 36.9 Å². The van der Waals surface area contributed by atoms with Gasteiger partial charge in [0.05, 0.1) is 22.5 Å². The van der Waals surface area contributed by atoms with Gasteiger partial charge in [-0.1, -0.05) is 0 Å². The lowest BCUT2D eigenvalue weighted by molar-refractivity contribution is -0.133. The minimum absolute atomic E-state index is 0.0659. The van der Waals surface area contributed by atoms with Crippen molar-refractivity contribution < 1.29 is 18.9 Å². The van der Waals surface area contributed by atoms with Gasteiger partial charge in [-0.25, -0.2) is 8.51 Å². The number of hydrogen-bond donors (Lipinski definition) is 2. The molecule has 0 radical (unpaired) electrons. The number of carboxylic acids is 1. The number of nitrogens with one attached hydrogen (secondary N) is 1. The number of carboxylic acid groups (broad SMARTS) is 1. The first-order valence-electron chi connectivity index (χ1n) is 5.79. The molecular formula is C10H18N2O4S2. The Hall–Kier alpha value is -0.600. The number of amides is 1. The highest BCUT2D eigenvalue weighted by Crippen LogP contribution is 2.08. The van der Waals surface area contributed by atoms with Crippen molar-refractivity contribution in [1.82, 2.24) is 9.62 Å². The molecule has 1 unspecified atom stereocenters. The van der Waals surface area contributed by atoms with E-state index in [1.165, 1.54) is 0 Å². The summed E-state index contributed by atoms with van der Waals surface area (Å²) in [6.45, 7) is 1.86. The molecular weight excluding hydrogens is 276 g/mol. The molecule has 1 atom stereocenters. The van der Waals surface area contributed by atoms with Crippen molar-refractivity contribution >= 4 is 34.6 Å². The second-order valence-corrected chi connectivity index (χ2v) is 6.45. The maximum atomic E-state index is 11.6. The van der Waals surface area contributed by atoms with Crippen molar-refractivity contribution in [3.63, 3.8) is 0 Å². The van der Waals surface area contributed by atoms with Crippen LogP contribution in [0.5, 0.6) is 0 Å². The number of thioether (sulfide) groups is 1. The highest BCUT2D eigenvalue weighted by molar-refractivity contribution is 8.00. The summed E-state index contributed by atoms with van der Waals surface area (Å²) in [5.41, 5.74) is 0. The lowest BCUT2D eigenvalue weighted by atomic mass is 10.3. The van der Waals surface area contributed by atoms with Crippen LogP contribution >= 0.6 is 11.8 Å². The highest BCUT2D eigenvalue weighted by Gasteiger charge is 2.17. The van der Waals surface area contributed by atoms with Gasteiger partial charge in [-0.2, -0.15) is 0 Å². The van der Waals surface area contributed by atoms with Crippen LogP contribution in [0.2, 0.25) is 0 Å². The summed E-state index contributed by atoms with van der Waals surface area (Å²) in [6.07, 6.45) is 2.05. The number of carbonyl (C=O) groups is 2. The van der Waals surface area contributed by atoms with Crippen molar-refractivity contribution in [1.29, 1.82) is 0 Å². The molecule has 0 aromatic rings. The Balaban J connectivity index is 2.07. The molecule has 1 aliphatic rings. The van der Waals surface area contributed by atoms with Crippen LogP contribution in [-0.4, -0.2) is 62.4 Å². The molecule has 0 spiro atoms. The summed E-state index contributed by atoms with van der Waals surface area (Å²) in [4.78, 5) is 21.6. The Morgan fingerprint density at radius 1 is 1.33 bits per heavy atom. The molecule has 0 aromatic heterocycles. The first-order valence-corrected chi connectivity index (χ1v) is 8.22. The quantitative estimate of drug-likeness (QED) is 0.672. The molecule has 8 heteroatoms. The standard InChI is InChI=1S/C10H18N2O4S2/c13-9(7-17-8-10(14)15)11-3-5-12-4-1-2-6-18(12)16/h1-8H2,(H,11,13)(H,14,15). The van der Waals surface area contributed by atoms with Gasteiger partial charge in [0.15, 0.2) is 0 Å². The van der Waals surface area contributed by atoms with Crippen LogP contribution in [0.4, 0.5) is 0 Å². The van der Waals surface area contributed by atoms with Crippen LogP contribution in [-0.2, 0) is 20.6 Å². The van der Waals surface area contributed by atoms with E-state index in [4.69, 9.17) is 5.11 Å². The molecule has 104 valence electrons. The Morgan fingerprint density at radius 2 is 2.11 bits per heavy atom. The first kappa shape index (κ1) is 15.5. The van der Waals surface area contributed by atoms with Gasteiger partial charge in [-0.3, -0.25) is 9.59 Å². The summed E-state index contributed by atoms with van der Waals surface area (Å²) in [6, 6.07) is 0. The van der Waals surface area contributed by atoms with Crippen LogP contribution in [0.15, 0.2) is 0 Å². The van der Waals surface area contributed by atoms with Crippen molar-refractivity contribution in [2.24, 2.45) is 0 Å². The zero-order valence-electron chi connectivity index (χ0n) is 10.1. The molecule has 2 N–H and O–H groups in total. The third-order valence-electron chi connectivity index (χ3n) is 2.41. The number of aliphatic carboxylic acids is 1. The summed E-state index contributed by atoms with van der Waals surface area (Å²) in [7, 11) is -0.905. The van der Waals surface area contributed by atoms with Gasteiger partial charge in [0, 0.05) is 25.4 Å². The second-order valence-electron chi connectivity index (χ2n) is 3.90. The van der Waals surface area contributed by atoms with Gasteiger partial charge >= 0.3 is 5.97 Å². The minimum Gasteiger partial charge on any atom is -0.481 e. The smallest absolute Gasteiger partial charge is 0.313 e. The summed E-state index contributed by atoms with van der Waals surface area (Å²) < 4.78 is 13.4. The number of carbonyl (C=O) groups excluding carboxylic acids is 1. The molecule has 1 saturated heterocycles. The summed E-state index contributed by atoms with van der Waals surface area (Å²) >= 11 is 1.07. The van der Waals surface area contributed by atoms with Crippen LogP contribution in [0.1, 0.15) is 12.8 Å². The minimum atomic E-state index is -0.920. The third kappa shape index (κ3) is 6.36. The fraction of sp³-hybridized carbons (Fsp3) is 0.800.